The van der Waals surface area contributed by atoms with Gasteiger partial charge in [-0.1, -0.05) is 0 Å². The van der Waals surface area contributed by atoms with Gasteiger partial charge in [-0.3, -0.25) is 38.9 Å². The summed E-state index contributed by atoms with van der Waals surface area (Å²) in [5, 5.41) is 34.3. The van der Waals surface area contributed by atoms with E-state index < -0.39 is 17.6 Å². The molecule has 1 aliphatic rings. The van der Waals surface area contributed by atoms with Crippen LogP contribution in [0.1, 0.15) is 38.3 Å². The van der Waals surface area contributed by atoms with Gasteiger partial charge >= 0.3 is 19.1 Å². The van der Waals surface area contributed by atoms with E-state index in [4.69, 9.17) is 23.6 Å². The molecule has 280 valence electrons. The van der Waals surface area contributed by atoms with Crippen LogP contribution in [0.15, 0.2) is 84.9 Å². The fourth-order valence-electron chi connectivity index (χ4n) is 4.63. The molecule has 2 amide bonds. The van der Waals surface area contributed by atoms with E-state index in [2.05, 4.69) is 5.09 Å². The number of hydrogen-bond acceptors (Lipinski definition) is 12. The Bertz CT molecular complexity index is 1980. The van der Waals surface area contributed by atoms with Crippen LogP contribution in [0.2, 0.25) is 0 Å². The molecule has 0 saturated carbocycles. The van der Waals surface area contributed by atoms with Gasteiger partial charge in [0.1, 0.15) is 11.5 Å². The van der Waals surface area contributed by atoms with Crippen LogP contribution in [0.25, 0.3) is 0 Å². The molecule has 5 rings (SSSR count). The van der Waals surface area contributed by atoms with Crippen molar-refractivity contribution in [3.8, 4) is 23.0 Å². The molecule has 17 nitrogen and oxygen atoms in total. The maximum absolute atomic E-state index is 12.4. The van der Waals surface area contributed by atoms with Crippen LogP contribution in [0.4, 0.5) is 11.4 Å². The summed E-state index contributed by atoms with van der Waals surface area (Å²) in [6, 6.07) is 21.0. The van der Waals surface area contributed by atoms with Crippen LogP contribution >= 0.6 is 7.75 Å². The number of aliphatic hydroxyl groups is 1. The van der Waals surface area contributed by atoms with Crippen LogP contribution in [-0.4, -0.2) is 77.9 Å². The Kier molecular flexibility index (Phi) is 13.7. The van der Waals surface area contributed by atoms with E-state index in [-0.39, 0.29) is 47.9 Å². The highest BCUT2D eigenvalue weighted by Gasteiger charge is 2.28. The molecule has 1 fully saturated rings. The molecule has 0 bridgehead atoms. The number of nitro benzene ring substituents is 2. The third-order valence-electron chi connectivity index (χ3n) is 7.38. The first kappa shape index (κ1) is 40.1. The average Bonchev–Trinajstić information content (AvgIpc) is 3.14. The molecule has 1 aliphatic heterocycles. The first-order valence-electron chi connectivity index (χ1n) is 16.0. The standard InChI is InChI=1S/C19H22N3O7P.C16H16N2O5/c1-21(2)19(23)15-5-7-16(8-6-15)29-18-12-14(4-9-17(18)22(24)25)13-28-30(26)20-10-3-11-27-30;1-17(2)16(20)12-4-6-13(7-5-12)23-15-9-11(10-19)3-8-14(15)18(21)22/h4-9,12H,3,10-11,13H2,1-2H3,(H,20,26);3-9,19H,10H2,1-2H3. The summed E-state index contributed by atoms with van der Waals surface area (Å²) in [6.45, 7) is 0.545. The summed E-state index contributed by atoms with van der Waals surface area (Å²) >= 11 is 0. The number of carbonyl (C=O) groups excluding carboxylic acids is 2. The summed E-state index contributed by atoms with van der Waals surface area (Å²) in [5.41, 5.74) is 1.56. The molecule has 1 saturated heterocycles. The quantitative estimate of drug-likeness (QED) is 0.0924. The Labute approximate surface area is 304 Å². The molecule has 0 spiro atoms. The number of nitrogens with one attached hydrogen (secondary N) is 1. The predicted octanol–water partition coefficient (Wildman–Crippen LogP) is 6.30. The van der Waals surface area contributed by atoms with Crippen molar-refractivity contribution in [2.75, 3.05) is 41.3 Å². The van der Waals surface area contributed by atoms with Crippen molar-refractivity contribution in [3.05, 3.63) is 127 Å². The van der Waals surface area contributed by atoms with Gasteiger partial charge in [0.05, 0.1) is 29.7 Å². The highest BCUT2D eigenvalue weighted by molar-refractivity contribution is 7.51. The van der Waals surface area contributed by atoms with E-state index in [1.54, 1.807) is 76.7 Å². The minimum atomic E-state index is -3.38. The lowest BCUT2D eigenvalue weighted by molar-refractivity contribution is -0.385. The van der Waals surface area contributed by atoms with E-state index in [0.29, 0.717) is 46.9 Å². The molecule has 1 heterocycles. The maximum atomic E-state index is 12.4. The molecular weight excluding hydrogens is 713 g/mol. The molecule has 0 aliphatic carbocycles. The second-order valence-electron chi connectivity index (χ2n) is 11.8. The molecule has 2 N–H and O–H groups in total. The van der Waals surface area contributed by atoms with E-state index >= 15 is 0 Å². The number of benzene rings is 4. The number of hydrogen-bond donors (Lipinski definition) is 2. The topological polar surface area (TPSA) is 213 Å². The molecule has 1 atom stereocenters. The van der Waals surface area contributed by atoms with Gasteiger partial charge in [-0.05, 0) is 90.3 Å². The Morgan fingerprint density at radius 1 is 0.774 bits per heavy atom. The van der Waals surface area contributed by atoms with Crippen molar-refractivity contribution in [3.63, 3.8) is 0 Å². The number of rotatable bonds is 12. The highest BCUT2D eigenvalue weighted by Crippen LogP contribution is 2.46. The zero-order valence-electron chi connectivity index (χ0n) is 29.3. The largest absolute Gasteiger partial charge is 0.450 e. The highest BCUT2D eigenvalue weighted by atomic mass is 31.2. The molecule has 1 unspecified atom stereocenters. The molecule has 4 aromatic carbocycles. The molecule has 53 heavy (non-hydrogen) atoms. The lowest BCUT2D eigenvalue weighted by Crippen LogP contribution is -2.22. The minimum Gasteiger partial charge on any atom is -0.450 e. The summed E-state index contributed by atoms with van der Waals surface area (Å²) < 4.78 is 34.1. The van der Waals surface area contributed by atoms with Crippen molar-refractivity contribution < 1.29 is 47.6 Å². The van der Waals surface area contributed by atoms with Crippen molar-refractivity contribution in [2.24, 2.45) is 0 Å². The molecule has 18 heteroatoms. The summed E-state index contributed by atoms with van der Waals surface area (Å²) in [6.07, 6.45) is 0.738. The lowest BCUT2D eigenvalue weighted by atomic mass is 10.2. The smallest absolute Gasteiger partial charge is 0.405 e. The fraction of sp³-hybridized carbons (Fsp3) is 0.257. The van der Waals surface area contributed by atoms with E-state index in [0.717, 1.165) is 6.42 Å². The third kappa shape index (κ3) is 11.1. The van der Waals surface area contributed by atoms with Crippen molar-refractivity contribution >= 4 is 30.9 Å². The van der Waals surface area contributed by atoms with Gasteiger partial charge in [0.15, 0.2) is 0 Å². The summed E-state index contributed by atoms with van der Waals surface area (Å²) in [4.78, 5) is 48.0. The first-order chi connectivity index (χ1) is 25.2. The Hall–Kier alpha value is -5.71. The van der Waals surface area contributed by atoms with Crippen LogP contribution < -0.4 is 14.6 Å². The number of nitro groups is 2. The van der Waals surface area contributed by atoms with Gasteiger partial charge in [0.2, 0.25) is 11.5 Å². The molecule has 0 aromatic heterocycles. The monoisotopic (exact) mass is 751 g/mol. The second kappa shape index (κ2) is 18.2. The first-order valence-corrected chi connectivity index (χ1v) is 17.5. The van der Waals surface area contributed by atoms with E-state index in [1.807, 2.05) is 0 Å². The Morgan fingerprint density at radius 2 is 1.23 bits per heavy atom. The summed E-state index contributed by atoms with van der Waals surface area (Å²) in [5.74, 6) is 0.414. The molecule has 4 aromatic rings. The molecular formula is C35H38N5O12P. The third-order valence-corrected chi connectivity index (χ3v) is 8.99. The van der Waals surface area contributed by atoms with Gasteiger partial charge in [-0.2, -0.15) is 0 Å². The van der Waals surface area contributed by atoms with Crippen molar-refractivity contribution in [2.45, 2.75) is 19.6 Å². The number of aliphatic hydroxyl groups excluding tert-OH is 1. The summed E-state index contributed by atoms with van der Waals surface area (Å²) in [7, 11) is 3.21. The minimum absolute atomic E-state index is 0.00332. The number of ether oxygens (including phenoxy) is 2. The van der Waals surface area contributed by atoms with Gasteiger partial charge in [0.25, 0.3) is 11.8 Å². The maximum Gasteiger partial charge on any atom is 0.405 e. The SMILES string of the molecule is CN(C)C(=O)c1ccc(Oc2cc(CO)ccc2[N+](=O)[O-])cc1.CN(C)C(=O)c1ccc(Oc2cc(COP3(=O)NCCCO3)ccc2[N+](=O)[O-])cc1. The van der Waals surface area contributed by atoms with E-state index in [1.165, 1.54) is 46.2 Å². The van der Waals surface area contributed by atoms with Crippen LogP contribution in [0, 0.1) is 20.2 Å². The number of amides is 2. The normalized spacial score (nSPS) is 15.0. The zero-order chi connectivity index (χ0) is 38.7. The van der Waals surface area contributed by atoms with Gasteiger partial charge in [0, 0.05) is 58.0 Å². The van der Waals surface area contributed by atoms with Crippen molar-refractivity contribution in [1.29, 1.82) is 0 Å². The lowest BCUT2D eigenvalue weighted by Gasteiger charge is -2.23. The molecule has 0 radical (unpaired) electrons. The van der Waals surface area contributed by atoms with Gasteiger partial charge in [-0.25, -0.2) is 9.65 Å². The predicted molar refractivity (Wildman–Crippen MR) is 192 cm³/mol. The average molecular weight is 752 g/mol. The Morgan fingerprint density at radius 3 is 1.62 bits per heavy atom. The van der Waals surface area contributed by atoms with Crippen LogP contribution in [0.3, 0.4) is 0 Å². The number of nitrogens with zero attached hydrogens (tertiary/aromatic N) is 4. The zero-order valence-corrected chi connectivity index (χ0v) is 30.2. The number of carbonyl (C=O) groups is 2. The van der Waals surface area contributed by atoms with Crippen LogP contribution in [-0.2, 0) is 26.8 Å². The van der Waals surface area contributed by atoms with Crippen molar-refractivity contribution in [1.82, 2.24) is 14.9 Å². The second-order valence-corrected chi connectivity index (χ2v) is 13.6. The fourth-order valence-corrected chi connectivity index (χ4v) is 6.01. The van der Waals surface area contributed by atoms with Gasteiger partial charge < -0.3 is 24.4 Å². The van der Waals surface area contributed by atoms with E-state index in [9.17, 15) is 34.4 Å². The van der Waals surface area contributed by atoms with Gasteiger partial charge in [-0.15, -0.1) is 0 Å². The van der Waals surface area contributed by atoms with Crippen LogP contribution in [0.5, 0.6) is 23.0 Å². The Balaban J connectivity index is 0.000000245.